The Bertz CT molecular complexity index is 227. The molecule has 0 aliphatic carbocycles. The zero-order chi connectivity index (χ0) is 15.1. The number of rotatable bonds is 14. The number of carbonyl (C=O) groups excluding carboxylic acids is 1. The summed E-state index contributed by atoms with van der Waals surface area (Å²) < 4.78 is 20.6. The molecule has 0 aliphatic heterocycles. The van der Waals surface area contributed by atoms with Crippen LogP contribution in [-0.4, -0.2) is 70.0 Å². The van der Waals surface area contributed by atoms with Gasteiger partial charge in [0.05, 0.1) is 39.6 Å². The average Bonchev–Trinajstić information content (AvgIpc) is 2.47. The Balaban J connectivity index is 3.11. The van der Waals surface area contributed by atoms with Crippen molar-refractivity contribution in [1.82, 2.24) is 0 Å². The van der Waals surface area contributed by atoms with Gasteiger partial charge in [-0.25, -0.2) is 0 Å². The van der Waals surface area contributed by atoms with Crippen molar-refractivity contribution in [3.8, 4) is 0 Å². The lowest BCUT2D eigenvalue weighted by Crippen LogP contribution is -2.36. The van der Waals surface area contributed by atoms with E-state index in [4.69, 9.17) is 29.8 Å². The normalized spacial score (nSPS) is 12.3. The van der Waals surface area contributed by atoms with Crippen molar-refractivity contribution in [1.29, 1.82) is 0 Å². The molecule has 0 rings (SSSR count). The molecule has 0 fully saturated rings. The molecule has 0 aromatic rings. The standard InChI is InChI=1S/C13H27NO6/c1-2-3-4-17-5-6-18-7-8-19-9-10-20-13(16)12(14)11-15/h12,15H,2-11,14H2,1H3. The van der Waals surface area contributed by atoms with Crippen LogP contribution in [0.4, 0.5) is 0 Å². The molecule has 120 valence electrons. The molecule has 0 amide bonds. The second-order valence-corrected chi connectivity index (χ2v) is 4.15. The highest BCUT2D eigenvalue weighted by atomic mass is 16.6. The van der Waals surface area contributed by atoms with Crippen molar-refractivity contribution in [2.24, 2.45) is 5.73 Å². The third-order valence-corrected chi connectivity index (χ3v) is 2.36. The smallest absolute Gasteiger partial charge is 0.325 e. The Morgan fingerprint density at radius 3 is 2.00 bits per heavy atom. The molecule has 7 nitrogen and oxygen atoms in total. The molecule has 7 heteroatoms. The zero-order valence-electron chi connectivity index (χ0n) is 12.2. The van der Waals surface area contributed by atoms with Crippen molar-refractivity contribution in [2.45, 2.75) is 25.8 Å². The van der Waals surface area contributed by atoms with E-state index in [1.54, 1.807) is 0 Å². The summed E-state index contributed by atoms with van der Waals surface area (Å²) in [5, 5.41) is 8.61. The Hall–Kier alpha value is -0.730. The fourth-order valence-corrected chi connectivity index (χ4v) is 1.17. The van der Waals surface area contributed by atoms with Crippen molar-refractivity contribution in [2.75, 3.05) is 52.9 Å². The van der Waals surface area contributed by atoms with Crippen LogP contribution < -0.4 is 5.73 Å². The molecule has 0 radical (unpaired) electrons. The van der Waals surface area contributed by atoms with E-state index in [2.05, 4.69) is 6.92 Å². The van der Waals surface area contributed by atoms with E-state index >= 15 is 0 Å². The van der Waals surface area contributed by atoms with Gasteiger partial charge in [-0.05, 0) is 6.42 Å². The van der Waals surface area contributed by atoms with Gasteiger partial charge < -0.3 is 29.8 Å². The van der Waals surface area contributed by atoms with E-state index < -0.39 is 18.6 Å². The van der Waals surface area contributed by atoms with Gasteiger partial charge in [-0.2, -0.15) is 0 Å². The van der Waals surface area contributed by atoms with Crippen LogP contribution in [0.25, 0.3) is 0 Å². The molecule has 1 unspecified atom stereocenters. The van der Waals surface area contributed by atoms with Gasteiger partial charge in [0.25, 0.3) is 0 Å². The highest BCUT2D eigenvalue weighted by Crippen LogP contribution is 1.88. The zero-order valence-corrected chi connectivity index (χ0v) is 12.2. The maximum absolute atomic E-state index is 11.1. The molecular weight excluding hydrogens is 266 g/mol. The number of aliphatic hydroxyl groups is 1. The van der Waals surface area contributed by atoms with E-state index in [0.29, 0.717) is 26.4 Å². The van der Waals surface area contributed by atoms with Gasteiger partial charge in [0, 0.05) is 6.61 Å². The van der Waals surface area contributed by atoms with E-state index in [1.165, 1.54) is 0 Å². The summed E-state index contributed by atoms with van der Waals surface area (Å²) in [5.74, 6) is -0.628. The highest BCUT2D eigenvalue weighted by molar-refractivity contribution is 5.75. The Labute approximate surface area is 120 Å². The molecule has 0 bridgehead atoms. The van der Waals surface area contributed by atoms with Crippen LogP contribution in [-0.2, 0) is 23.7 Å². The third kappa shape index (κ3) is 12.3. The maximum Gasteiger partial charge on any atom is 0.325 e. The Morgan fingerprint density at radius 2 is 1.50 bits per heavy atom. The fraction of sp³-hybridized carbons (Fsp3) is 0.923. The van der Waals surface area contributed by atoms with E-state index in [9.17, 15) is 4.79 Å². The minimum absolute atomic E-state index is 0.118. The monoisotopic (exact) mass is 293 g/mol. The van der Waals surface area contributed by atoms with Crippen molar-refractivity contribution < 1.29 is 28.8 Å². The molecule has 0 saturated carbocycles. The number of carbonyl (C=O) groups is 1. The number of ether oxygens (including phenoxy) is 4. The number of nitrogens with two attached hydrogens (primary N) is 1. The second-order valence-electron chi connectivity index (χ2n) is 4.15. The minimum Gasteiger partial charge on any atom is -0.462 e. The molecular formula is C13H27NO6. The first-order chi connectivity index (χ1) is 9.72. The Morgan fingerprint density at radius 1 is 1.00 bits per heavy atom. The summed E-state index contributed by atoms with van der Waals surface area (Å²) in [6.07, 6.45) is 2.20. The summed E-state index contributed by atoms with van der Waals surface area (Å²) in [4.78, 5) is 11.1. The number of hydrogen-bond donors (Lipinski definition) is 2. The molecule has 0 aromatic carbocycles. The highest BCUT2D eigenvalue weighted by Gasteiger charge is 2.12. The number of aliphatic hydroxyl groups excluding tert-OH is 1. The topological polar surface area (TPSA) is 100 Å². The summed E-state index contributed by atoms with van der Waals surface area (Å²) in [6.45, 7) is 4.91. The molecule has 0 saturated heterocycles. The predicted octanol–water partition coefficient (Wildman–Crippen LogP) is -0.301. The molecule has 0 heterocycles. The SMILES string of the molecule is CCCCOCCOCCOCCOC(=O)C(N)CO. The van der Waals surface area contributed by atoms with Crippen LogP contribution >= 0.6 is 0 Å². The van der Waals surface area contributed by atoms with E-state index in [-0.39, 0.29) is 13.2 Å². The van der Waals surface area contributed by atoms with Crippen LogP contribution in [0.3, 0.4) is 0 Å². The van der Waals surface area contributed by atoms with Gasteiger partial charge in [-0.15, -0.1) is 0 Å². The van der Waals surface area contributed by atoms with Gasteiger partial charge in [0.2, 0.25) is 0 Å². The largest absolute Gasteiger partial charge is 0.462 e. The lowest BCUT2D eigenvalue weighted by molar-refractivity contribution is -0.147. The number of unbranched alkanes of at least 4 members (excludes halogenated alkanes) is 1. The molecule has 0 aliphatic rings. The predicted molar refractivity (Wildman–Crippen MR) is 73.4 cm³/mol. The Kier molecular flexibility index (Phi) is 14.1. The third-order valence-electron chi connectivity index (χ3n) is 2.36. The van der Waals surface area contributed by atoms with Gasteiger partial charge in [0.1, 0.15) is 12.6 Å². The van der Waals surface area contributed by atoms with Gasteiger partial charge in [-0.3, -0.25) is 4.79 Å². The molecule has 0 spiro atoms. The van der Waals surface area contributed by atoms with E-state index in [0.717, 1.165) is 19.4 Å². The first kappa shape index (κ1) is 19.3. The number of hydrogen-bond acceptors (Lipinski definition) is 7. The van der Waals surface area contributed by atoms with Crippen molar-refractivity contribution >= 4 is 5.97 Å². The average molecular weight is 293 g/mol. The first-order valence-electron chi connectivity index (χ1n) is 6.98. The maximum atomic E-state index is 11.1. The van der Waals surface area contributed by atoms with Crippen LogP contribution in [0.5, 0.6) is 0 Å². The molecule has 3 N–H and O–H groups in total. The lowest BCUT2D eigenvalue weighted by atomic mass is 10.3. The van der Waals surface area contributed by atoms with Gasteiger partial charge >= 0.3 is 5.97 Å². The second kappa shape index (κ2) is 14.7. The fourth-order valence-electron chi connectivity index (χ4n) is 1.17. The quantitative estimate of drug-likeness (QED) is 0.335. The molecule has 20 heavy (non-hydrogen) atoms. The summed E-state index contributed by atoms with van der Waals surface area (Å²) in [5.41, 5.74) is 5.26. The van der Waals surface area contributed by atoms with Gasteiger partial charge in [-0.1, -0.05) is 13.3 Å². The summed E-state index contributed by atoms with van der Waals surface area (Å²) >= 11 is 0. The van der Waals surface area contributed by atoms with Crippen molar-refractivity contribution in [3.05, 3.63) is 0 Å². The first-order valence-corrected chi connectivity index (χ1v) is 6.98. The van der Waals surface area contributed by atoms with E-state index in [1.807, 2.05) is 0 Å². The number of esters is 1. The molecule has 0 aromatic heterocycles. The summed E-state index contributed by atoms with van der Waals surface area (Å²) in [6, 6.07) is -0.981. The van der Waals surface area contributed by atoms with Crippen LogP contribution in [0.2, 0.25) is 0 Å². The molecule has 1 atom stereocenters. The van der Waals surface area contributed by atoms with Crippen molar-refractivity contribution in [3.63, 3.8) is 0 Å². The van der Waals surface area contributed by atoms with Crippen LogP contribution in [0, 0.1) is 0 Å². The summed E-state index contributed by atoms with van der Waals surface area (Å²) in [7, 11) is 0. The van der Waals surface area contributed by atoms with Crippen LogP contribution in [0.1, 0.15) is 19.8 Å². The minimum atomic E-state index is -0.981. The van der Waals surface area contributed by atoms with Crippen LogP contribution in [0.15, 0.2) is 0 Å². The van der Waals surface area contributed by atoms with Gasteiger partial charge in [0.15, 0.2) is 0 Å². The lowest BCUT2D eigenvalue weighted by Gasteiger charge is -2.09.